The number of carbonyl (C=O) groups is 2. The predicted octanol–water partition coefficient (Wildman–Crippen LogP) is 2.44. The van der Waals surface area contributed by atoms with E-state index in [1.165, 1.54) is 7.11 Å². The molecule has 4 nitrogen and oxygen atoms in total. The van der Waals surface area contributed by atoms with Crippen molar-refractivity contribution in [1.82, 2.24) is 0 Å². The summed E-state index contributed by atoms with van der Waals surface area (Å²) in [6, 6.07) is 6.79. The molecule has 0 spiro atoms. The van der Waals surface area contributed by atoms with E-state index in [-0.39, 0.29) is 11.9 Å². The molecule has 0 bridgehead atoms. The molecule has 0 N–H and O–H groups in total. The molecule has 0 fully saturated rings. The van der Waals surface area contributed by atoms with Crippen LogP contribution < -0.4 is 0 Å². The van der Waals surface area contributed by atoms with Gasteiger partial charge in [0.15, 0.2) is 0 Å². The standard InChI is InChI=1S/C14H16O4/c1-4-18-13(15)10(2)9-11-5-7-12(8-6-11)14(16)17-3/h5-9H,4H2,1-3H3/b10-9+. The molecular formula is C14H16O4. The van der Waals surface area contributed by atoms with Gasteiger partial charge in [-0.3, -0.25) is 0 Å². The lowest BCUT2D eigenvalue weighted by Gasteiger charge is -2.02. The van der Waals surface area contributed by atoms with E-state index < -0.39 is 0 Å². The zero-order valence-corrected chi connectivity index (χ0v) is 10.7. The number of ether oxygens (including phenoxy) is 2. The average molecular weight is 248 g/mol. The van der Waals surface area contributed by atoms with Crippen molar-refractivity contribution in [1.29, 1.82) is 0 Å². The molecule has 1 aromatic carbocycles. The highest BCUT2D eigenvalue weighted by Crippen LogP contribution is 2.10. The Hall–Kier alpha value is -2.10. The topological polar surface area (TPSA) is 52.6 Å². The maximum Gasteiger partial charge on any atom is 0.337 e. The third-order valence-corrected chi connectivity index (χ3v) is 2.31. The molecule has 18 heavy (non-hydrogen) atoms. The second kappa shape index (κ2) is 6.59. The summed E-state index contributed by atoms with van der Waals surface area (Å²) in [5.74, 6) is -0.720. The van der Waals surface area contributed by atoms with Gasteiger partial charge in [-0.15, -0.1) is 0 Å². The molecule has 96 valence electrons. The highest BCUT2D eigenvalue weighted by atomic mass is 16.5. The summed E-state index contributed by atoms with van der Waals surface area (Å²) in [4.78, 5) is 22.6. The smallest absolute Gasteiger partial charge is 0.337 e. The average Bonchev–Trinajstić information content (AvgIpc) is 2.39. The van der Waals surface area contributed by atoms with Crippen LogP contribution in [0.15, 0.2) is 29.8 Å². The summed E-state index contributed by atoms with van der Waals surface area (Å²) in [6.07, 6.45) is 1.71. The first-order valence-electron chi connectivity index (χ1n) is 5.62. The van der Waals surface area contributed by atoms with Crippen molar-refractivity contribution in [3.05, 3.63) is 41.0 Å². The van der Waals surface area contributed by atoms with E-state index in [9.17, 15) is 9.59 Å². The van der Waals surface area contributed by atoms with Crippen LogP contribution in [0, 0.1) is 0 Å². The summed E-state index contributed by atoms with van der Waals surface area (Å²) in [5.41, 5.74) is 1.82. The first kappa shape index (κ1) is 14.0. The lowest BCUT2D eigenvalue weighted by molar-refractivity contribution is -0.138. The fraction of sp³-hybridized carbons (Fsp3) is 0.286. The Balaban J connectivity index is 2.83. The van der Waals surface area contributed by atoms with E-state index in [4.69, 9.17) is 4.74 Å². The van der Waals surface area contributed by atoms with E-state index in [1.807, 2.05) is 0 Å². The molecule has 0 atom stereocenters. The number of hydrogen-bond acceptors (Lipinski definition) is 4. The monoisotopic (exact) mass is 248 g/mol. The molecule has 0 radical (unpaired) electrons. The Kier molecular flexibility index (Phi) is 5.11. The zero-order valence-electron chi connectivity index (χ0n) is 10.7. The van der Waals surface area contributed by atoms with Crippen molar-refractivity contribution in [3.8, 4) is 0 Å². The molecule has 0 saturated heterocycles. The molecule has 1 rings (SSSR count). The third-order valence-electron chi connectivity index (χ3n) is 2.31. The van der Waals surface area contributed by atoms with Gasteiger partial charge in [0.1, 0.15) is 0 Å². The van der Waals surface area contributed by atoms with Crippen LogP contribution in [0.5, 0.6) is 0 Å². The maximum atomic E-state index is 11.4. The van der Waals surface area contributed by atoms with Gasteiger partial charge >= 0.3 is 11.9 Å². The number of carbonyl (C=O) groups excluding carboxylic acids is 2. The van der Waals surface area contributed by atoms with Crippen LogP contribution in [0.3, 0.4) is 0 Å². The number of rotatable bonds is 4. The van der Waals surface area contributed by atoms with Crippen molar-refractivity contribution in [2.45, 2.75) is 13.8 Å². The largest absolute Gasteiger partial charge is 0.465 e. The second-order valence-electron chi connectivity index (χ2n) is 3.66. The Morgan fingerprint density at radius 3 is 2.33 bits per heavy atom. The van der Waals surface area contributed by atoms with Crippen molar-refractivity contribution < 1.29 is 19.1 Å². The van der Waals surface area contributed by atoms with Crippen molar-refractivity contribution in [3.63, 3.8) is 0 Å². The minimum absolute atomic E-state index is 0.338. The fourth-order valence-corrected chi connectivity index (χ4v) is 1.39. The summed E-state index contributed by atoms with van der Waals surface area (Å²) < 4.78 is 9.47. The van der Waals surface area contributed by atoms with Crippen LogP contribution in [0.2, 0.25) is 0 Å². The molecule has 0 heterocycles. The summed E-state index contributed by atoms with van der Waals surface area (Å²) in [5, 5.41) is 0. The minimum atomic E-state index is -0.382. The van der Waals surface area contributed by atoms with Gasteiger partial charge in [-0.1, -0.05) is 12.1 Å². The van der Waals surface area contributed by atoms with Crippen molar-refractivity contribution in [2.24, 2.45) is 0 Å². The van der Waals surface area contributed by atoms with E-state index >= 15 is 0 Å². The maximum absolute atomic E-state index is 11.4. The number of methoxy groups -OCH3 is 1. The van der Waals surface area contributed by atoms with Crippen LogP contribution in [0.4, 0.5) is 0 Å². The van der Waals surface area contributed by atoms with Crippen LogP contribution in [-0.2, 0) is 14.3 Å². The molecule has 0 aromatic heterocycles. The van der Waals surface area contributed by atoms with Gasteiger partial charge < -0.3 is 9.47 Å². The van der Waals surface area contributed by atoms with Crippen molar-refractivity contribution in [2.75, 3.05) is 13.7 Å². The highest BCUT2D eigenvalue weighted by Gasteiger charge is 2.06. The van der Waals surface area contributed by atoms with Crippen LogP contribution >= 0.6 is 0 Å². The Morgan fingerprint density at radius 1 is 1.22 bits per heavy atom. The van der Waals surface area contributed by atoms with E-state index in [2.05, 4.69) is 4.74 Å². The SMILES string of the molecule is CCOC(=O)/C(C)=C/c1ccc(C(=O)OC)cc1. The van der Waals surface area contributed by atoms with Gasteiger partial charge in [0, 0.05) is 5.57 Å². The quantitative estimate of drug-likeness (QED) is 0.606. The van der Waals surface area contributed by atoms with Crippen LogP contribution in [0.25, 0.3) is 6.08 Å². The van der Waals surface area contributed by atoms with Gasteiger partial charge in [0.2, 0.25) is 0 Å². The predicted molar refractivity (Wildman–Crippen MR) is 68.1 cm³/mol. The van der Waals surface area contributed by atoms with Gasteiger partial charge in [-0.05, 0) is 37.6 Å². The molecule has 0 aliphatic heterocycles. The molecule has 0 amide bonds. The lowest BCUT2D eigenvalue weighted by atomic mass is 10.1. The minimum Gasteiger partial charge on any atom is -0.465 e. The molecule has 0 aliphatic rings. The normalized spacial score (nSPS) is 10.9. The fourth-order valence-electron chi connectivity index (χ4n) is 1.39. The molecule has 0 unspecified atom stereocenters. The first-order valence-corrected chi connectivity index (χ1v) is 5.62. The van der Waals surface area contributed by atoms with Gasteiger partial charge in [0.05, 0.1) is 19.3 Å². The highest BCUT2D eigenvalue weighted by molar-refractivity contribution is 5.93. The van der Waals surface area contributed by atoms with Crippen LogP contribution in [0.1, 0.15) is 29.8 Å². The van der Waals surface area contributed by atoms with E-state index in [0.29, 0.717) is 17.7 Å². The Bertz CT molecular complexity index is 457. The van der Waals surface area contributed by atoms with Gasteiger partial charge in [0.25, 0.3) is 0 Å². The number of benzene rings is 1. The van der Waals surface area contributed by atoms with Crippen LogP contribution in [-0.4, -0.2) is 25.7 Å². The van der Waals surface area contributed by atoms with Crippen molar-refractivity contribution >= 4 is 18.0 Å². The summed E-state index contributed by atoms with van der Waals surface area (Å²) >= 11 is 0. The van der Waals surface area contributed by atoms with E-state index in [1.54, 1.807) is 44.2 Å². The molecule has 4 heteroatoms. The lowest BCUT2D eigenvalue weighted by Crippen LogP contribution is -2.04. The summed E-state index contributed by atoms with van der Waals surface area (Å²) in [6.45, 7) is 3.80. The first-order chi connectivity index (χ1) is 8.58. The molecular weight excluding hydrogens is 232 g/mol. The molecule has 0 saturated carbocycles. The Morgan fingerprint density at radius 2 is 1.83 bits per heavy atom. The van der Waals surface area contributed by atoms with Gasteiger partial charge in [-0.2, -0.15) is 0 Å². The zero-order chi connectivity index (χ0) is 13.5. The Labute approximate surface area is 106 Å². The van der Waals surface area contributed by atoms with Gasteiger partial charge in [-0.25, -0.2) is 9.59 Å². The van der Waals surface area contributed by atoms with E-state index in [0.717, 1.165) is 5.56 Å². The third kappa shape index (κ3) is 3.73. The molecule has 1 aromatic rings. The number of hydrogen-bond donors (Lipinski definition) is 0. The second-order valence-corrected chi connectivity index (χ2v) is 3.66. The molecule has 0 aliphatic carbocycles. The summed E-state index contributed by atoms with van der Waals surface area (Å²) in [7, 11) is 1.33. The number of esters is 2.